The van der Waals surface area contributed by atoms with Crippen molar-refractivity contribution >= 4 is 5.82 Å². The third-order valence-electron chi connectivity index (χ3n) is 2.80. The molecule has 1 aromatic rings. The predicted octanol–water partition coefficient (Wildman–Crippen LogP) is 3.54. The van der Waals surface area contributed by atoms with E-state index in [0.717, 1.165) is 23.8 Å². The molecule has 98 valence electrons. The molecule has 3 nitrogen and oxygen atoms in total. The first-order chi connectivity index (χ1) is 7.64. The first-order valence-electron chi connectivity index (χ1n) is 6.52. The van der Waals surface area contributed by atoms with Gasteiger partial charge in [-0.15, -0.1) is 0 Å². The Kier molecular flexibility index (Phi) is 3.90. The van der Waals surface area contributed by atoms with Crippen molar-refractivity contribution in [2.75, 3.05) is 5.73 Å². The Morgan fingerprint density at radius 2 is 1.71 bits per heavy atom. The van der Waals surface area contributed by atoms with Crippen molar-refractivity contribution in [3.05, 3.63) is 11.5 Å². The second kappa shape index (κ2) is 4.71. The van der Waals surface area contributed by atoms with Gasteiger partial charge in [0.1, 0.15) is 11.6 Å². The Morgan fingerprint density at radius 1 is 1.18 bits per heavy atom. The zero-order valence-corrected chi connectivity index (χ0v) is 12.3. The smallest absolute Gasteiger partial charge is 0.127 e. The highest BCUT2D eigenvalue weighted by atomic mass is 15.2. The van der Waals surface area contributed by atoms with Gasteiger partial charge >= 0.3 is 0 Å². The van der Waals surface area contributed by atoms with Crippen LogP contribution in [-0.2, 0) is 12.0 Å². The van der Waals surface area contributed by atoms with Gasteiger partial charge in [0, 0.05) is 11.5 Å². The normalized spacial score (nSPS) is 12.8. The summed E-state index contributed by atoms with van der Waals surface area (Å²) in [4.78, 5) is 4.75. The van der Waals surface area contributed by atoms with Gasteiger partial charge in [-0.2, -0.15) is 0 Å². The molecule has 17 heavy (non-hydrogen) atoms. The fraction of sp³-hybridized carbons (Fsp3) is 0.786. The van der Waals surface area contributed by atoms with Crippen LogP contribution in [0.3, 0.4) is 0 Å². The van der Waals surface area contributed by atoms with E-state index in [4.69, 9.17) is 10.7 Å². The van der Waals surface area contributed by atoms with Crippen LogP contribution in [0.2, 0.25) is 0 Å². The van der Waals surface area contributed by atoms with Crippen molar-refractivity contribution in [3.8, 4) is 0 Å². The number of hydrogen-bond donors (Lipinski definition) is 1. The van der Waals surface area contributed by atoms with Crippen molar-refractivity contribution < 1.29 is 0 Å². The highest BCUT2D eigenvalue weighted by Crippen LogP contribution is 2.29. The molecule has 1 aromatic heterocycles. The van der Waals surface area contributed by atoms with Gasteiger partial charge < -0.3 is 10.3 Å². The minimum atomic E-state index is -0.00802. The van der Waals surface area contributed by atoms with Crippen LogP contribution < -0.4 is 5.73 Å². The number of imidazole rings is 1. The zero-order valence-electron chi connectivity index (χ0n) is 12.3. The van der Waals surface area contributed by atoms with Crippen molar-refractivity contribution in [1.29, 1.82) is 0 Å². The van der Waals surface area contributed by atoms with Crippen molar-refractivity contribution in [3.63, 3.8) is 0 Å². The van der Waals surface area contributed by atoms with Crippen LogP contribution in [0.15, 0.2) is 0 Å². The number of anilines is 1. The van der Waals surface area contributed by atoms with Gasteiger partial charge in [0.05, 0.1) is 5.69 Å². The van der Waals surface area contributed by atoms with Gasteiger partial charge in [0.15, 0.2) is 0 Å². The van der Waals surface area contributed by atoms with E-state index < -0.39 is 0 Å². The van der Waals surface area contributed by atoms with Crippen molar-refractivity contribution in [1.82, 2.24) is 9.55 Å². The molecule has 1 heterocycles. The first kappa shape index (κ1) is 14.1. The number of aromatic nitrogens is 2. The van der Waals surface area contributed by atoms with Crippen LogP contribution in [0, 0.1) is 5.92 Å². The molecule has 3 heteroatoms. The maximum atomic E-state index is 6.28. The van der Waals surface area contributed by atoms with Crippen LogP contribution in [0.1, 0.15) is 65.9 Å². The molecule has 2 N–H and O–H groups in total. The van der Waals surface area contributed by atoms with Gasteiger partial charge in [0.2, 0.25) is 0 Å². The highest BCUT2D eigenvalue weighted by Gasteiger charge is 2.25. The quantitative estimate of drug-likeness (QED) is 0.873. The van der Waals surface area contributed by atoms with E-state index in [9.17, 15) is 0 Å². The zero-order chi connectivity index (χ0) is 13.4. The number of nitrogen functional groups attached to an aromatic ring is 1. The molecule has 0 atom stereocenters. The first-order valence-corrected chi connectivity index (χ1v) is 6.52. The number of hydrogen-bond acceptors (Lipinski definition) is 2. The van der Waals surface area contributed by atoms with Crippen LogP contribution in [0.25, 0.3) is 0 Å². The van der Waals surface area contributed by atoms with Crippen molar-refractivity contribution in [2.24, 2.45) is 5.92 Å². The Labute approximate surface area is 105 Å². The maximum Gasteiger partial charge on any atom is 0.127 e. The van der Waals surface area contributed by atoms with Gasteiger partial charge in [-0.25, -0.2) is 4.98 Å². The monoisotopic (exact) mass is 237 g/mol. The number of nitrogens with zero attached hydrogens (tertiary/aromatic N) is 2. The molecule has 0 amide bonds. The fourth-order valence-electron chi connectivity index (χ4n) is 2.13. The minimum absolute atomic E-state index is 0.00802. The van der Waals surface area contributed by atoms with Crippen LogP contribution in [-0.4, -0.2) is 9.55 Å². The molecule has 0 aliphatic heterocycles. The van der Waals surface area contributed by atoms with E-state index in [0.29, 0.717) is 11.8 Å². The fourth-order valence-corrected chi connectivity index (χ4v) is 2.13. The minimum Gasteiger partial charge on any atom is -0.384 e. The van der Waals surface area contributed by atoms with Crippen LogP contribution in [0.4, 0.5) is 5.82 Å². The lowest BCUT2D eigenvalue weighted by molar-refractivity contribution is 0.382. The summed E-state index contributed by atoms with van der Waals surface area (Å²) in [7, 11) is 0. The number of rotatable bonds is 3. The summed E-state index contributed by atoms with van der Waals surface area (Å²) in [6.07, 6.45) is 0.953. The molecule has 0 saturated carbocycles. The van der Waals surface area contributed by atoms with Crippen LogP contribution in [0.5, 0.6) is 0 Å². The summed E-state index contributed by atoms with van der Waals surface area (Å²) in [5.41, 5.74) is 7.32. The molecule has 0 saturated heterocycles. The molecule has 0 bridgehead atoms. The summed E-state index contributed by atoms with van der Waals surface area (Å²) < 4.78 is 2.19. The standard InChI is InChI=1S/C14H27N3/c1-9(2)8-11-12(15)17(14(5,6)7)13(16-11)10(3)4/h9-10H,8,15H2,1-7H3. The highest BCUT2D eigenvalue weighted by molar-refractivity contribution is 5.40. The third-order valence-corrected chi connectivity index (χ3v) is 2.80. The SMILES string of the molecule is CC(C)Cc1nc(C(C)C)n(C(C)(C)C)c1N. The summed E-state index contributed by atoms with van der Waals surface area (Å²) in [6.45, 7) is 15.3. The molecule has 0 aliphatic rings. The van der Waals surface area contributed by atoms with E-state index in [2.05, 4.69) is 53.0 Å². The summed E-state index contributed by atoms with van der Waals surface area (Å²) >= 11 is 0. The third kappa shape index (κ3) is 3.02. The second-order valence-corrected chi connectivity index (χ2v) is 6.56. The Balaban J connectivity index is 3.31. The van der Waals surface area contributed by atoms with Crippen molar-refractivity contribution in [2.45, 2.75) is 66.3 Å². The second-order valence-electron chi connectivity index (χ2n) is 6.56. The Hall–Kier alpha value is -0.990. The van der Waals surface area contributed by atoms with Gasteiger partial charge in [-0.1, -0.05) is 27.7 Å². The van der Waals surface area contributed by atoms with E-state index >= 15 is 0 Å². The molecule has 0 aliphatic carbocycles. The Morgan fingerprint density at radius 3 is 2.00 bits per heavy atom. The summed E-state index contributed by atoms with van der Waals surface area (Å²) in [5.74, 6) is 2.93. The maximum absolute atomic E-state index is 6.28. The molecule has 0 spiro atoms. The van der Waals surface area contributed by atoms with Gasteiger partial charge in [-0.05, 0) is 33.1 Å². The summed E-state index contributed by atoms with van der Waals surface area (Å²) in [5, 5.41) is 0. The molecular weight excluding hydrogens is 210 g/mol. The molecular formula is C14H27N3. The molecule has 0 fully saturated rings. The molecule has 0 radical (unpaired) electrons. The molecule has 0 unspecified atom stereocenters. The molecule has 1 rings (SSSR count). The average Bonchev–Trinajstić information content (AvgIpc) is 2.42. The average molecular weight is 237 g/mol. The lowest BCUT2D eigenvalue weighted by Gasteiger charge is -2.26. The topological polar surface area (TPSA) is 43.8 Å². The lowest BCUT2D eigenvalue weighted by Crippen LogP contribution is -2.26. The largest absolute Gasteiger partial charge is 0.384 e. The van der Waals surface area contributed by atoms with Gasteiger partial charge in [-0.3, -0.25) is 0 Å². The van der Waals surface area contributed by atoms with E-state index in [1.54, 1.807) is 0 Å². The Bertz CT molecular complexity index is 381. The van der Waals surface area contributed by atoms with E-state index in [1.807, 2.05) is 0 Å². The van der Waals surface area contributed by atoms with E-state index in [1.165, 1.54) is 0 Å². The van der Waals surface area contributed by atoms with Crippen LogP contribution >= 0.6 is 0 Å². The van der Waals surface area contributed by atoms with Gasteiger partial charge in [0.25, 0.3) is 0 Å². The van der Waals surface area contributed by atoms with E-state index in [-0.39, 0.29) is 5.54 Å². The summed E-state index contributed by atoms with van der Waals surface area (Å²) in [6, 6.07) is 0. The molecule has 0 aromatic carbocycles. The lowest BCUT2D eigenvalue weighted by atomic mass is 10.1. The predicted molar refractivity (Wildman–Crippen MR) is 74.3 cm³/mol. The number of nitrogens with two attached hydrogens (primary N) is 1.